The molecule has 0 fully saturated rings. The zero-order valence-corrected chi connectivity index (χ0v) is 10.9. The Morgan fingerprint density at radius 2 is 2.06 bits per heavy atom. The minimum atomic E-state index is -0.0284. The summed E-state index contributed by atoms with van der Waals surface area (Å²) in [6.07, 6.45) is 7.85. The molecule has 0 aromatic carbocycles. The third kappa shape index (κ3) is 5.72. The van der Waals surface area contributed by atoms with Crippen molar-refractivity contribution in [3.8, 4) is 0 Å². The molecule has 1 unspecified atom stereocenters. The molecule has 0 aliphatic carbocycles. The first kappa shape index (κ1) is 14.6. The second kappa shape index (κ2) is 8.58. The summed E-state index contributed by atoms with van der Waals surface area (Å²) in [7, 11) is 0. The summed E-state index contributed by atoms with van der Waals surface area (Å²) in [5.41, 5.74) is 5.57. The van der Waals surface area contributed by atoms with Crippen LogP contribution in [0.5, 0.6) is 0 Å². The van der Waals surface area contributed by atoms with Crippen LogP contribution in [0.3, 0.4) is 0 Å². The Labute approximate surface area is 108 Å². The van der Waals surface area contributed by atoms with Crippen LogP contribution >= 0.6 is 0 Å². The number of rotatable bonds is 8. The molecule has 0 bridgehead atoms. The molecule has 5 heteroatoms. The number of nitrogens with one attached hydrogen (secondary N) is 1. The third-order valence-corrected chi connectivity index (χ3v) is 2.87. The number of nitrogens with zero attached hydrogens (tertiary/aromatic N) is 2. The van der Waals surface area contributed by atoms with E-state index in [1.807, 2.05) is 0 Å². The van der Waals surface area contributed by atoms with Crippen LogP contribution in [0.2, 0.25) is 0 Å². The van der Waals surface area contributed by atoms with Gasteiger partial charge in [0.15, 0.2) is 0 Å². The molecule has 1 aromatic rings. The summed E-state index contributed by atoms with van der Waals surface area (Å²) >= 11 is 0. The maximum absolute atomic E-state index is 11.7. The van der Waals surface area contributed by atoms with Crippen molar-refractivity contribution in [3.63, 3.8) is 0 Å². The van der Waals surface area contributed by atoms with Gasteiger partial charge in [0.25, 0.3) is 0 Å². The number of nitrogens with two attached hydrogens (primary N) is 1. The number of anilines is 1. The van der Waals surface area contributed by atoms with Crippen molar-refractivity contribution in [2.24, 2.45) is 11.7 Å². The van der Waals surface area contributed by atoms with E-state index in [4.69, 9.17) is 5.73 Å². The van der Waals surface area contributed by atoms with Crippen LogP contribution < -0.4 is 11.1 Å². The first-order valence-corrected chi connectivity index (χ1v) is 6.53. The molecule has 1 aromatic heterocycles. The number of hydrogen-bond acceptors (Lipinski definition) is 4. The highest BCUT2D eigenvalue weighted by Crippen LogP contribution is 2.17. The van der Waals surface area contributed by atoms with Crippen molar-refractivity contribution >= 4 is 11.9 Å². The van der Waals surface area contributed by atoms with Crippen LogP contribution in [-0.2, 0) is 4.79 Å². The molecule has 0 radical (unpaired) electrons. The van der Waals surface area contributed by atoms with Crippen molar-refractivity contribution in [2.45, 2.75) is 39.0 Å². The van der Waals surface area contributed by atoms with Gasteiger partial charge < -0.3 is 5.73 Å². The number of aromatic nitrogens is 2. The van der Waals surface area contributed by atoms with Gasteiger partial charge in [0, 0.05) is 18.8 Å². The average Bonchev–Trinajstić information content (AvgIpc) is 2.38. The fourth-order valence-corrected chi connectivity index (χ4v) is 1.96. The van der Waals surface area contributed by atoms with E-state index in [9.17, 15) is 4.79 Å². The topological polar surface area (TPSA) is 80.9 Å². The molecule has 1 atom stereocenters. The Morgan fingerprint density at radius 1 is 1.33 bits per heavy atom. The smallest absolute Gasteiger partial charge is 0.229 e. The first-order chi connectivity index (χ1) is 8.76. The van der Waals surface area contributed by atoms with Crippen LogP contribution in [0, 0.1) is 5.92 Å². The molecule has 0 aliphatic heterocycles. The standard InChI is InChI=1S/C13H22N4O/c1-2-4-11(7-8-14)5-6-12(18)17-13-15-9-3-10-16-13/h3,9-11H,2,4-8,14H2,1H3,(H,15,16,17,18). The van der Waals surface area contributed by atoms with Gasteiger partial charge in [-0.1, -0.05) is 19.8 Å². The maximum atomic E-state index is 11.7. The molecular weight excluding hydrogens is 228 g/mol. The maximum Gasteiger partial charge on any atom is 0.229 e. The molecule has 100 valence electrons. The van der Waals surface area contributed by atoms with E-state index in [0.29, 0.717) is 24.8 Å². The molecule has 1 rings (SSSR count). The van der Waals surface area contributed by atoms with Crippen molar-refractivity contribution < 1.29 is 4.79 Å². The minimum Gasteiger partial charge on any atom is -0.330 e. The van der Waals surface area contributed by atoms with E-state index in [1.54, 1.807) is 18.5 Å². The second-order valence-corrected chi connectivity index (χ2v) is 4.39. The summed E-state index contributed by atoms with van der Waals surface area (Å²) in [6, 6.07) is 1.72. The lowest BCUT2D eigenvalue weighted by Gasteiger charge is -2.14. The fourth-order valence-electron chi connectivity index (χ4n) is 1.96. The van der Waals surface area contributed by atoms with Crippen molar-refractivity contribution in [2.75, 3.05) is 11.9 Å². The van der Waals surface area contributed by atoms with Crippen LogP contribution in [0.15, 0.2) is 18.5 Å². The molecule has 1 heterocycles. The molecule has 1 amide bonds. The van der Waals surface area contributed by atoms with Gasteiger partial charge in [-0.05, 0) is 31.4 Å². The highest BCUT2D eigenvalue weighted by molar-refractivity contribution is 5.88. The van der Waals surface area contributed by atoms with Gasteiger partial charge in [-0.25, -0.2) is 9.97 Å². The van der Waals surface area contributed by atoms with Gasteiger partial charge in [0.2, 0.25) is 11.9 Å². The average molecular weight is 250 g/mol. The lowest BCUT2D eigenvalue weighted by Crippen LogP contribution is -2.16. The zero-order valence-electron chi connectivity index (χ0n) is 10.9. The second-order valence-electron chi connectivity index (χ2n) is 4.39. The highest BCUT2D eigenvalue weighted by Gasteiger charge is 2.10. The van der Waals surface area contributed by atoms with Gasteiger partial charge in [0.05, 0.1) is 0 Å². The van der Waals surface area contributed by atoms with Crippen LogP contribution in [0.1, 0.15) is 39.0 Å². The summed E-state index contributed by atoms with van der Waals surface area (Å²) in [6.45, 7) is 2.84. The Morgan fingerprint density at radius 3 is 2.67 bits per heavy atom. The summed E-state index contributed by atoms with van der Waals surface area (Å²) in [5.74, 6) is 0.884. The largest absolute Gasteiger partial charge is 0.330 e. The zero-order chi connectivity index (χ0) is 13.2. The molecule has 0 saturated heterocycles. The minimum absolute atomic E-state index is 0.0284. The van der Waals surface area contributed by atoms with Crippen molar-refractivity contribution in [1.29, 1.82) is 0 Å². The highest BCUT2D eigenvalue weighted by atomic mass is 16.1. The van der Waals surface area contributed by atoms with Crippen LogP contribution in [-0.4, -0.2) is 22.4 Å². The molecule has 0 aliphatic rings. The monoisotopic (exact) mass is 250 g/mol. The number of amides is 1. The van der Waals surface area contributed by atoms with Gasteiger partial charge in [0.1, 0.15) is 0 Å². The number of carbonyl (C=O) groups is 1. The predicted octanol–water partition coefficient (Wildman–Crippen LogP) is 1.96. The van der Waals surface area contributed by atoms with Crippen molar-refractivity contribution in [3.05, 3.63) is 18.5 Å². The summed E-state index contributed by atoms with van der Waals surface area (Å²) in [4.78, 5) is 19.6. The van der Waals surface area contributed by atoms with Crippen molar-refractivity contribution in [1.82, 2.24) is 9.97 Å². The van der Waals surface area contributed by atoms with E-state index in [1.165, 1.54) is 0 Å². The third-order valence-electron chi connectivity index (χ3n) is 2.87. The van der Waals surface area contributed by atoms with E-state index >= 15 is 0 Å². The van der Waals surface area contributed by atoms with Gasteiger partial charge in [-0.2, -0.15) is 0 Å². The summed E-state index contributed by atoms with van der Waals surface area (Å²) in [5, 5.41) is 2.69. The Bertz CT molecular complexity index is 336. The molecule has 5 nitrogen and oxygen atoms in total. The van der Waals surface area contributed by atoms with Gasteiger partial charge in [-0.3, -0.25) is 10.1 Å². The van der Waals surface area contributed by atoms with Gasteiger partial charge >= 0.3 is 0 Å². The molecule has 0 saturated carbocycles. The SMILES string of the molecule is CCCC(CCN)CCC(=O)Nc1ncccn1. The van der Waals surface area contributed by atoms with Crippen LogP contribution in [0.25, 0.3) is 0 Å². The van der Waals surface area contributed by atoms with E-state index in [-0.39, 0.29) is 5.91 Å². The molecule has 18 heavy (non-hydrogen) atoms. The van der Waals surface area contributed by atoms with Gasteiger partial charge in [-0.15, -0.1) is 0 Å². The Balaban J connectivity index is 2.31. The van der Waals surface area contributed by atoms with E-state index in [0.717, 1.165) is 25.7 Å². The summed E-state index contributed by atoms with van der Waals surface area (Å²) < 4.78 is 0. The predicted molar refractivity (Wildman–Crippen MR) is 72.0 cm³/mol. The Kier molecular flexibility index (Phi) is 6.94. The number of hydrogen-bond donors (Lipinski definition) is 2. The van der Waals surface area contributed by atoms with Crippen LogP contribution in [0.4, 0.5) is 5.95 Å². The van der Waals surface area contributed by atoms with E-state index < -0.39 is 0 Å². The van der Waals surface area contributed by atoms with E-state index in [2.05, 4.69) is 22.2 Å². The lowest BCUT2D eigenvalue weighted by molar-refractivity contribution is -0.116. The number of carbonyl (C=O) groups excluding carboxylic acids is 1. The molecule has 0 spiro atoms. The first-order valence-electron chi connectivity index (χ1n) is 6.53. The normalized spacial score (nSPS) is 12.1. The molecular formula is C13H22N4O. The molecule has 3 N–H and O–H groups in total. The fraction of sp³-hybridized carbons (Fsp3) is 0.615. The lowest BCUT2D eigenvalue weighted by atomic mass is 9.94. The quantitative estimate of drug-likeness (QED) is 0.739. The Hall–Kier alpha value is -1.49.